The van der Waals surface area contributed by atoms with Gasteiger partial charge in [-0.15, -0.1) is 0 Å². The number of ether oxygens (including phenoxy) is 2. The number of benzene rings is 1. The number of nitrogens with zero attached hydrogens (tertiary/aromatic N) is 2. The van der Waals surface area contributed by atoms with Crippen molar-refractivity contribution in [3.8, 4) is 0 Å². The monoisotopic (exact) mass is 357 g/mol. The zero-order chi connectivity index (χ0) is 19.0. The average Bonchev–Trinajstić information content (AvgIpc) is 2.73. The van der Waals surface area contributed by atoms with Crippen molar-refractivity contribution in [1.29, 1.82) is 0 Å². The lowest BCUT2D eigenvalue weighted by molar-refractivity contribution is -0.116. The summed E-state index contributed by atoms with van der Waals surface area (Å²) in [4.78, 5) is 42.5. The first kappa shape index (κ1) is 17.7. The molecule has 136 valence electrons. The van der Waals surface area contributed by atoms with Crippen LogP contribution in [-0.4, -0.2) is 50.1 Å². The third kappa shape index (κ3) is 2.94. The van der Waals surface area contributed by atoms with Crippen molar-refractivity contribution in [1.82, 2.24) is 4.98 Å². The number of methoxy groups -OCH3 is 2. The van der Waals surface area contributed by atoms with Gasteiger partial charge in [0.2, 0.25) is 5.91 Å². The molecule has 2 heterocycles. The van der Waals surface area contributed by atoms with E-state index in [1.807, 2.05) is 18.9 Å². The van der Waals surface area contributed by atoms with E-state index in [1.54, 1.807) is 12.1 Å². The summed E-state index contributed by atoms with van der Waals surface area (Å²) in [6.07, 6.45) is 0.340. The molecule has 0 saturated heterocycles. The number of carbonyl (C=O) groups excluding carboxylic acids is 3. The largest absolute Gasteiger partial charge is 0.465 e. The number of amides is 1. The lowest BCUT2D eigenvalue weighted by Gasteiger charge is -2.25. The second kappa shape index (κ2) is 6.62. The van der Waals surface area contributed by atoms with Crippen LogP contribution in [0.15, 0.2) is 18.2 Å². The van der Waals surface area contributed by atoms with Crippen LogP contribution in [-0.2, 0) is 14.3 Å². The van der Waals surface area contributed by atoms with Crippen molar-refractivity contribution in [2.75, 3.05) is 31.5 Å². The van der Waals surface area contributed by atoms with Gasteiger partial charge in [-0.3, -0.25) is 4.79 Å². The lowest BCUT2D eigenvalue weighted by atomic mass is 10.0. The molecule has 1 N–H and O–H groups in total. The Bertz CT molecular complexity index is 925. The summed E-state index contributed by atoms with van der Waals surface area (Å²) in [5.74, 6) is -1.37. The highest BCUT2D eigenvalue weighted by Crippen LogP contribution is 2.35. The molecule has 0 aliphatic carbocycles. The maximum Gasteiger partial charge on any atom is 0.356 e. The van der Waals surface area contributed by atoms with Gasteiger partial charge in [-0.05, 0) is 25.1 Å². The fourth-order valence-corrected chi connectivity index (χ4v) is 2.99. The number of esters is 2. The van der Waals surface area contributed by atoms with E-state index in [0.29, 0.717) is 23.0 Å². The van der Waals surface area contributed by atoms with Gasteiger partial charge < -0.3 is 19.7 Å². The van der Waals surface area contributed by atoms with Gasteiger partial charge in [-0.2, -0.15) is 0 Å². The number of pyridine rings is 1. The van der Waals surface area contributed by atoms with Crippen LogP contribution in [0.3, 0.4) is 0 Å². The van der Waals surface area contributed by atoms with Crippen LogP contribution in [0.5, 0.6) is 0 Å². The first-order chi connectivity index (χ1) is 12.3. The van der Waals surface area contributed by atoms with E-state index < -0.39 is 11.9 Å². The van der Waals surface area contributed by atoms with E-state index in [1.165, 1.54) is 20.3 Å². The van der Waals surface area contributed by atoms with Gasteiger partial charge in [0, 0.05) is 24.9 Å². The molecule has 1 aliphatic rings. The Morgan fingerprint density at radius 1 is 1.19 bits per heavy atom. The summed E-state index contributed by atoms with van der Waals surface area (Å²) in [6.45, 7) is 1.94. The van der Waals surface area contributed by atoms with Crippen molar-refractivity contribution >= 4 is 40.1 Å². The van der Waals surface area contributed by atoms with E-state index in [0.717, 1.165) is 5.69 Å². The van der Waals surface area contributed by atoms with Gasteiger partial charge >= 0.3 is 11.9 Å². The first-order valence-corrected chi connectivity index (χ1v) is 8.03. The molecule has 0 radical (unpaired) electrons. The molecule has 3 rings (SSSR count). The molecule has 0 fully saturated rings. The normalized spacial score (nSPS) is 16.5. The molecular weight excluding hydrogens is 338 g/mol. The standard InChI is InChI=1S/C18H19N3O5/c1-9-5-16(22)20-13-6-10-11(17(23)25-3)7-14(18(24)26-4)19-12(10)8-15(13)21(9)2/h6-9H,5H2,1-4H3,(H,20,22). The van der Waals surface area contributed by atoms with Crippen LogP contribution >= 0.6 is 0 Å². The Balaban J connectivity index is 2.31. The number of anilines is 2. The molecule has 1 aliphatic heterocycles. The fraction of sp³-hybridized carbons (Fsp3) is 0.333. The molecule has 2 aromatic rings. The number of hydrogen-bond acceptors (Lipinski definition) is 7. The third-order valence-corrected chi connectivity index (χ3v) is 4.52. The van der Waals surface area contributed by atoms with Crippen LogP contribution in [0.25, 0.3) is 10.9 Å². The van der Waals surface area contributed by atoms with Gasteiger partial charge in [0.15, 0.2) is 0 Å². The molecule has 1 aromatic heterocycles. The number of carbonyl (C=O) groups is 3. The maximum absolute atomic E-state index is 12.2. The Morgan fingerprint density at radius 3 is 2.54 bits per heavy atom. The van der Waals surface area contributed by atoms with Gasteiger partial charge in [0.1, 0.15) is 5.69 Å². The molecule has 1 aromatic carbocycles. The van der Waals surface area contributed by atoms with Crippen molar-refractivity contribution in [3.63, 3.8) is 0 Å². The van der Waals surface area contributed by atoms with Crippen molar-refractivity contribution in [3.05, 3.63) is 29.5 Å². The molecular formula is C18H19N3O5. The van der Waals surface area contributed by atoms with Crippen LogP contribution in [0.1, 0.15) is 34.2 Å². The van der Waals surface area contributed by atoms with Gasteiger partial charge in [-0.1, -0.05) is 0 Å². The Morgan fingerprint density at radius 2 is 1.88 bits per heavy atom. The van der Waals surface area contributed by atoms with Gasteiger partial charge in [0.25, 0.3) is 0 Å². The summed E-state index contributed by atoms with van der Waals surface area (Å²) in [5, 5.41) is 3.33. The molecule has 26 heavy (non-hydrogen) atoms. The van der Waals surface area contributed by atoms with Crippen LogP contribution in [0, 0.1) is 0 Å². The topological polar surface area (TPSA) is 97.8 Å². The van der Waals surface area contributed by atoms with Gasteiger partial charge in [0.05, 0.1) is 36.7 Å². The predicted octanol–water partition coefficient (Wildman–Crippen LogP) is 1.97. The molecule has 8 heteroatoms. The maximum atomic E-state index is 12.2. The highest BCUT2D eigenvalue weighted by Gasteiger charge is 2.25. The zero-order valence-corrected chi connectivity index (χ0v) is 15.0. The van der Waals surface area contributed by atoms with E-state index >= 15 is 0 Å². The zero-order valence-electron chi connectivity index (χ0n) is 15.0. The molecule has 8 nitrogen and oxygen atoms in total. The summed E-state index contributed by atoms with van der Waals surface area (Å²) in [7, 11) is 4.38. The number of rotatable bonds is 2. The first-order valence-electron chi connectivity index (χ1n) is 8.03. The molecule has 0 saturated carbocycles. The lowest BCUT2D eigenvalue weighted by Crippen LogP contribution is -2.29. The number of hydrogen-bond donors (Lipinski definition) is 1. The van der Waals surface area contributed by atoms with E-state index in [-0.39, 0.29) is 23.2 Å². The molecule has 1 atom stereocenters. The molecule has 1 unspecified atom stereocenters. The van der Waals surface area contributed by atoms with E-state index in [9.17, 15) is 14.4 Å². The Kier molecular flexibility index (Phi) is 4.50. The van der Waals surface area contributed by atoms with Gasteiger partial charge in [-0.25, -0.2) is 14.6 Å². The second-order valence-corrected chi connectivity index (χ2v) is 6.14. The molecule has 0 spiro atoms. The Hall–Kier alpha value is -3.16. The minimum absolute atomic E-state index is 0.00806. The van der Waals surface area contributed by atoms with Crippen LogP contribution in [0.4, 0.5) is 11.4 Å². The summed E-state index contributed by atoms with van der Waals surface area (Å²) >= 11 is 0. The number of nitrogens with one attached hydrogen (secondary N) is 1. The molecule has 1 amide bonds. The quantitative estimate of drug-likeness (QED) is 0.821. The van der Waals surface area contributed by atoms with Crippen LogP contribution < -0.4 is 10.2 Å². The average molecular weight is 357 g/mol. The number of aromatic nitrogens is 1. The smallest absolute Gasteiger partial charge is 0.356 e. The highest BCUT2D eigenvalue weighted by molar-refractivity contribution is 6.09. The van der Waals surface area contributed by atoms with Crippen LogP contribution in [0.2, 0.25) is 0 Å². The SMILES string of the molecule is COC(=O)c1cc(C(=O)OC)c2cc3c(cc2n1)N(C)C(C)CC(=O)N3. The van der Waals surface area contributed by atoms with Crippen molar-refractivity contribution in [2.45, 2.75) is 19.4 Å². The number of fused-ring (bicyclic) bond motifs is 2. The fourth-order valence-electron chi connectivity index (χ4n) is 2.99. The summed E-state index contributed by atoms with van der Waals surface area (Å²) in [5.41, 5.74) is 1.94. The minimum Gasteiger partial charge on any atom is -0.465 e. The van der Waals surface area contributed by atoms with Crippen molar-refractivity contribution in [2.24, 2.45) is 0 Å². The third-order valence-electron chi connectivity index (χ3n) is 4.52. The second-order valence-electron chi connectivity index (χ2n) is 6.14. The Labute approximate surface area is 150 Å². The summed E-state index contributed by atoms with van der Waals surface area (Å²) in [6, 6.07) is 4.73. The molecule has 0 bridgehead atoms. The minimum atomic E-state index is -0.651. The highest BCUT2D eigenvalue weighted by atomic mass is 16.5. The van der Waals surface area contributed by atoms with Crippen molar-refractivity contribution < 1.29 is 23.9 Å². The van der Waals surface area contributed by atoms with E-state index in [4.69, 9.17) is 9.47 Å². The summed E-state index contributed by atoms with van der Waals surface area (Å²) < 4.78 is 9.54. The van der Waals surface area contributed by atoms with E-state index in [2.05, 4.69) is 10.3 Å². The predicted molar refractivity (Wildman–Crippen MR) is 95.5 cm³/mol.